The normalized spacial score (nSPS) is 10.6. The van der Waals surface area contributed by atoms with Gasteiger partial charge < -0.3 is 5.32 Å². The van der Waals surface area contributed by atoms with E-state index in [1.165, 1.54) is 0 Å². The molecule has 0 aliphatic rings. The largest absolute Gasteiger partial charge is 0.345 e. The van der Waals surface area contributed by atoms with Crippen molar-refractivity contribution in [3.8, 4) is 0 Å². The summed E-state index contributed by atoms with van der Waals surface area (Å²) < 4.78 is 0. The summed E-state index contributed by atoms with van der Waals surface area (Å²) in [6.45, 7) is 11.6. The highest BCUT2D eigenvalue weighted by Gasteiger charge is 2.14. The van der Waals surface area contributed by atoms with E-state index in [0.717, 1.165) is 34.2 Å². The molecule has 0 aliphatic heterocycles. The van der Waals surface area contributed by atoms with Crippen LogP contribution in [0.4, 0.5) is 0 Å². The maximum absolute atomic E-state index is 12.3. The number of hydrogen-bond acceptors (Lipinski definition) is 5. The minimum Gasteiger partial charge on any atom is -0.345 e. The van der Waals surface area contributed by atoms with Crippen molar-refractivity contribution < 1.29 is 4.79 Å². The number of carbonyl (C=O) groups excluding carboxylic acids is 1. The van der Waals surface area contributed by atoms with Crippen LogP contribution in [0.25, 0.3) is 0 Å². The first-order valence-electron chi connectivity index (χ1n) is 7.20. The Labute approximate surface area is 130 Å². The standard InChI is InChI=1S/C16H21N5O/c1-8-10(3)20-14(12(5)18-8)7-17-16(22)15-13(6)19-9(2)11(4)21-15/h7H2,1-6H3,(H,17,22). The van der Waals surface area contributed by atoms with Crippen LogP contribution in [0.3, 0.4) is 0 Å². The van der Waals surface area contributed by atoms with E-state index in [2.05, 4.69) is 25.3 Å². The number of hydrogen-bond donors (Lipinski definition) is 1. The zero-order valence-electron chi connectivity index (χ0n) is 13.9. The fourth-order valence-electron chi connectivity index (χ4n) is 2.11. The first-order valence-corrected chi connectivity index (χ1v) is 7.20. The van der Waals surface area contributed by atoms with E-state index in [0.29, 0.717) is 17.9 Å². The van der Waals surface area contributed by atoms with Crippen LogP contribution in [0.5, 0.6) is 0 Å². The number of carbonyl (C=O) groups is 1. The Kier molecular flexibility index (Phi) is 4.49. The van der Waals surface area contributed by atoms with Crippen LogP contribution in [0.1, 0.15) is 50.3 Å². The van der Waals surface area contributed by atoms with Gasteiger partial charge >= 0.3 is 0 Å². The molecule has 6 heteroatoms. The summed E-state index contributed by atoms with van der Waals surface area (Å²) in [4.78, 5) is 29.9. The highest BCUT2D eigenvalue weighted by Crippen LogP contribution is 2.09. The Morgan fingerprint density at radius 2 is 1.23 bits per heavy atom. The highest BCUT2D eigenvalue weighted by atomic mass is 16.1. The summed E-state index contributed by atoms with van der Waals surface area (Å²) in [5, 5.41) is 2.85. The van der Waals surface area contributed by atoms with Crippen molar-refractivity contribution in [2.75, 3.05) is 0 Å². The molecule has 1 amide bonds. The number of rotatable bonds is 3. The molecule has 0 unspecified atom stereocenters. The molecule has 1 N–H and O–H groups in total. The third-order valence-corrected chi connectivity index (χ3v) is 3.69. The van der Waals surface area contributed by atoms with Gasteiger partial charge in [0.1, 0.15) is 5.69 Å². The lowest BCUT2D eigenvalue weighted by Gasteiger charge is -2.11. The zero-order valence-corrected chi connectivity index (χ0v) is 13.9. The van der Waals surface area contributed by atoms with E-state index < -0.39 is 0 Å². The predicted molar refractivity (Wildman–Crippen MR) is 83.7 cm³/mol. The lowest BCUT2D eigenvalue weighted by atomic mass is 10.2. The van der Waals surface area contributed by atoms with Crippen LogP contribution in [0.2, 0.25) is 0 Å². The van der Waals surface area contributed by atoms with Crippen LogP contribution in [-0.4, -0.2) is 25.8 Å². The topological polar surface area (TPSA) is 80.7 Å². The number of aryl methyl sites for hydroxylation is 6. The number of nitrogens with one attached hydrogen (secondary N) is 1. The van der Waals surface area contributed by atoms with Gasteiger partial charge in [0.25, 0.3) is 5.91 Å². The van der Waals surface area contributed by atoms with Crippen LogP contribution >= 0.6 is 0 Å². The molecule has 2 aromatic rings. The molecule has 22 heavy (non-hydrogen) atoms. The second kappa shape index (κ2) is 6.17. The minimum atomic E-state index is -0.243. The molecule has 2 heterocycles. The molecule has 0 fully saturated rings. The van der Waals surface area contributed by atoms with Crippen LogP contribution in [-0.2, 0) is 6.54 Å². The van der Waals surface area contributed by atoms with Crippen molar-refractivity contribution in [2.24, 2.45) is 0 Å². The van der Waals surface area contributed by atoms with Crippen molar-refractivity contribution in [1.29, 1.82) is 0 Å². The van der Waals surface area contributed by atoms with Gasteiger partial charge in [0.2, 0.25) is 0 Å². The van der Waals surface area contributed by atoms with Gasteiger partial charge in [-0.15, -0.1) is 0 Å². The van der Waals surface area contributed by atoms with Crippen LogP contribution < -0.4 is 5.32 Å². The Bertz CT molecular complexity index is 740. The average Bonchev–Trinajstić information content (AvgIpc) is 2.45. The summed E-state index contributed by atoms with van der Waals surface area (Å²) in [6.07, 6.45) is 0. The molecule has 0 atom stereocenters. The molecule has 0 saturated heterocycles. The van der Waals surface area contributed by atoms with Crippen molar-refractivity contribution in [1.82, 2.24) is 25.3 Å². The first kappa shape index (κ1) is 16.0. The smallest absolute Gasteiger partial charge is 0.272 e. The van der Waals surface area contributed by atoms with E-state index in [1.54, 1.807) is 6.92 Å². The summed E-state index contributed by atoms with van der Waals surface area (Å²) in [6, 6.07) is 0. The lowest BCUT2D eigenvalue weighted by molar-refractivity contribution is 0.0944. The first-order chi connectivity index (χ1) is 10.3. The van der Waals surface area contributed by atoms with E-state index in [-0.39, 0.29) is 5.91 Å². The van der Waals surface area contributed by atoms with Gasteiger partial charge in [0.15, 0.2) is 0 Å². The maximum Gasteiger partial charge on any atom is 0.272 e. The van der Waals surface area contributed by atoms with E-state index in [4.69, 9.17) is 0 Å². The molecular formula is C16H21N5O. The highest BCUT2D eigenvalue weighted by molar-refractivity contribution is 5.93. The molecule has 0 bridgehead atoms. The Morgan fingerprint density at radius 3 is 1.86 bits per heavy atom. The number of nitrogens with zero attached hydrogens (tertiary/aromatic N) is 4. The predicted octanol–water partition coefficient (Wildman–Crippen LogP) is 2.05. The average molecular weight is 299 g/mol. The van der Waals surface area contributed by atoms with Gasteiger partial charge in [-0.3, -0.25) is 19.7 Å². The number of aromatic nitrogens is 4. The molecule has 0 saturated carbocycles. The van der Waals surface area contributed by atoms with Gasteiger partial charge in [-0.25, -0.2) is 4.98 Å². The second-order valence-corrected chi connectivity index (χ2v) is 5.44. The summed E-state index contributed by atoms with van der Waals surface area (Å²) in [5.41, 5.74) is 5.96. The van der Waals surface area contributed by atoms with E-state index in [1.807, 2.05) is 34.6 Å². The molecule has 0 radical (unpaired) electrons. The van der Waals surface area contributed by atoms with Gasteiger partial charge in [-0.05, 0) is 41.5 Å². The molecule has 0 aromatic carbocycles. The maximum atomic E-state index is 12.3. The fourth-order valence-corrected chi connectivity index (χ4v) is 2.11. The minimum absolute atomic E-state index is 0.243. The quantitative estimate of drug-likeness (QED) is 0.938. The van der Waals surface area contributed by atoms with Crippen LogP contribution in [0.15, 0.2) is 0 Å². The number of amides is 1. The molecule has 6 nitrogen and oxygen atoms in total. The summed E-state index contributed by atoms with van der Waals surface area (Å²) in [5.74, 6) is -0.243. The van der Waals surface area contributed by atoms with Crippen molar-refractivity contribution in [3.63, 3.8) is 0 Å². The zero-order chi connectivity index (χ0) is 16.4. The third kappa shape index (κ3) is 3.27. The molecular weight excluding hydrogens is 278 g/mol. The van der Waals surface area contributed by atoms with Crippen molar-refractivity contribution in [3.05, 3.63) is 45.6 Å². The Hall–Kier alpha value is -2.37. The van der Waals surface area contributed by atoms with Gasteiger partial charge in [-0.2, -0.15) is 0 Å². The molecule has 116 valence electrons. The lowest BCUT2D eigenvalue weighted by Crippen LogP contribution is -2.27. The van der Waals surface area contributed by atoms with Crippen molar-refractivity contribution in [2.45, 2.75) is 48.1 Å². The SMILES string of the molecule is Cc1nc(C)c(CNC(=O)c2nc(C)c(C)nc2C)nc1C. The van der Waals surface area contributed by atoms with E-state index >= 15 is 0 Å². The molecule has 0 aliphatic carbocycles. The van der Waals surface area contributed by atoms with Gasteiger partial charge in [-0.1, -0.05) is 0 Å². The van der Waals surface area contributed by atoms with Crippen LogP contribution in [0, 0.1) is 41.5 Å². The third-order valence-electron chi connectivity index (χ3n) is 3.69. The summed E-state index contributed by atoms with van der Waals surface area (Å²) in [7, 11) is 0. The second-order valence-electron chi connectivity index (χ2n) is 5.44. The molecule has 2 aromatic heterocycles. The summed E-state index contributed by atoms with van der Waals surface area (Å²) >= 11 is 0. The van der Waals surface area contributed by atoms with Crippen molar-refractivity contribution >= 4 is 5.91 Å². The molecule has 2 rings (SSSR count). The monoisotopic (exact) mass is 299 g/mol. The van der Waals surface area contributed by atoms with Gasteiger partial charge in [0, 0.05) is 0 Å². The van der Waals surface area contributed by atoms with E-state index in [9.17, 15) is 4.79 Å². The Balaban J connectivity index is 2.17. The fraction of sp³-hybridized carbons (Fsp3) is 0.438. The molecule has 0 spiro atoms. The Morgan fingerprint density at radius 1 is 0.727 bits per heavy atom. The van der Waals surface area contributed by atoms with Gasteiger partial charge in [0.05, 0.1) is 46.4 Å².